The lowest BCUT2D eigenvalue weighted by Gasteiger charge is -2.24. The lowest BCUT2D eigenvalue weighted by Crippen LogP contribution is -2.48. The second-order valence-corrected chi connectivity index (χ2v) is 5.37. The molecule has 2 aliphatic carbocycles. The number of likely N-dealkylation sites (tertiary alicyclic amines) is 1. The van der Waals surface area contributed by atoms with Gasteiger partial charge in [-0.25, -0.2) is 0 Å². The summed E-state index contributed by atoms with van der Waals surface area (Å²) in [6.07, 6.45) is 5.35. The number of carbonyl (C=O) groups excluding carboxylic acids is 3. The number of fused-ring (bicyclic) bond motifs is 5. The van der Waals surface area contributed by atoms with Gasteiger partial charge in [-0.05, 0) is 24.7 Å². The molecule has 1 saturated heterocycles. The SMILES string of the molecule is CC[C@H](C(N)=O)N1C(=O)[C@H]2[C@H](C1=O)[C@H]1C=C[C@H]2C1. The van der Waals surface area contributed by atoms with E-state index in [0.29, 0.717) is 6.42 Å². The number of hydrogen-bond donors (Lipinski definition) is 1. The molecule has 0 unspecified atom stereocenters. The van der Waals surface area contributed by atoms with Gasteiger partial charge in [-0.1, -0.05) is 19.1 Å². The quantitative estimate of drug-likeness (QED) is 0.566. The van der Waals surface area contributed by atoms with Crippen molar-refractivity contribution in [3.8, 4) is 0 Å². The van der Waals surface area contributed by atoms with Gasteiger partial charge in [-0.2, -0.15) is 0 Å². The van der Waals surface area contributed by atoms with Crippen molar-refractivity contribution in [2.24, 2.45) is 29.4 Å². The fourth-order valence-electron chi connectivity index (χ4n) is 3.74. The highest BCUT2D eigenvalue weighted by Gasteiger charge is 2.60. The predicted molar refractivity (Wildman–Crippen MR) is 62.8 cm³/mol. The maximum absolute atomic E-state index is 12.4. The molecule has 2 N–H and O–H groups in total. The molecule has 5 heteroatoms. The second-order valence-electron chi connectivity index (χ2n) is 5.37. The van der Waals surface area contributed by atoms with Crippen molar-refractivity contribution in [3.05, 3.63) is 12.2 Å². The van der Waals surface area contributed by atoms with Gasteiger partial charge in [0.2, 0.25) is 17.7 Å². The van der Waals surface area contributed by atoms with Crippen LogP contribution in [0, 0.1) is 23.7 Å². The summed E-state index contributed by atoms with van der Waals surface area (Å²) in [5.74, 6) is -1.15. The summed E-state index contributed by atoms with van der Waals surface area (Å²) in [5, 5.41) is 0. The normalized spacial score (nSPS) is 38.4. The topological polar surface area (TPSA) is 80.5 Å². The van der Waals surface area contributed by atoms with Crippen molar-refractivity contribution < 1.29 is 14.4 Å². The van der Waals surface area contributed by atoms with Crippen LogP contribution in [0.2, 0.25) is 0 Å². The molecule has 0 radical (unpaired) electrons. The molecule has 5 nitrogen and oxygen atoms in total. The lowest BCUT2D eigenvalue weighted by molar-refractivity contribution is -0.147. The zero-order valence-electron chi connectivity index (χ0n) is 10.2. The van der Waals surface area contributed by atoms with E-state index in [1.807, 2.05) is 12.2 Å². The van der Waals surface area contributed by atoms with E-state index in [4.69, 9.17) is 5.73 Å². The van der Waals surface area contributed by atoms with Crippen molar-refractivity contribution in [1.82, 2.24) is 4.90 Å². The molecule has 0 spiro atoms. The van der Waals surface area contributed by atoms with Crippen LogP contribution in [0.3, 0.4) is 0 Å². The van der Waals surface area contributed by atoms with Crippen molar-refractivity contribution in [2.75, 3.05) is 0 Å². The number of carbonyl (C=O) groups is 3. The highest BCUT2D eigenvalue weighted by molar-refractivity contribution is 6.09. The predicted octanol–water partition coefficient (Wildman–Crippen LogP) is 0.0574. The van der Waals surface area contributed by atoms with E-state index in [1.54, 1.807) is 6.92 Å². The molecular weight excluding hydrogens is 232 g/mol. The zero-order chi connectivity index (χ0) is 13.0. The maximum atomic E-state index is 12.4. The highest BCUT2D eigenvalue weighted by Crippen LogP contribution is 2.52. The Balaban J connectivity index is 1.94. The first-order chi connectivity index (χ1) is 8.56. The molecule has 18 heavy (non-hydrogen) atoms. The second kappa shape index (κ2) is 3.67. The van der Waals surface area contributed by atoms with Crippen molar-refractivity contribution in [1.29, 1.82) is 0 Å². The first-order valence-corrected chi connectivity index (χ1v) is 6.40. The molecule has 1 aliphatic heterocycles. The first kappa shape index (κ1) is 11.4. The van der Waals surface area contributed by atoms with Crippen molar-refractivity contribution >= 4 is 17.7 Å². The third-order valence-corrected chi connectivity index (χ3v) is 4.53. The average Bonchev–Trinajstić information content (AvgIpc) is 2.98. The van der Waals surface area contributed by atoms with Crippen molar-refractivity contribution in [3.63, 3.8) is 0 Å². The molecule has 0 aromatic carbocycles. The minimum atomic E-state index is -0.782. The smallest absolute Gasteiger partial charge is 0.240 e. The molecule has 0 aromatic rings. The Morgan fingerprint density at radius 3 is 2.22 bits per heavy atom. The molecule has 3 rings (SSSR count). The number of hydrogen-bond acceptors (Lipinski definition) is 3. The fourth-order valence-corrected chi connectivity index (χ4v) is 3.74. The summed E-state index contributed by atoms with van der Waals surface area (Å²) < 4.78 is 0. The van der Waals surface area contributed by atoms with Crippen LogP contribution < -0.4 is 5.73 Å². The molecule has 96 valence electrons. The van der Waals surface area contributed by atoms with Gasteiger partial charge >= 0.3 is 0 Å². The van der Waals surface area contributed by atoms with Gasteiger partial charge in [0.05, 0.1) is 11.8 Å². The number of allylic oxidation sites excluding steroid dienone is 2. The Morgan fingerprint density at radius 2 is 1.83 bits per heavy atom. The van der Waals surface area contributed by atoms with Gasteiger partial charge in [0.15, 0.2) is 0 Å². The third kappa shape index (κ3) is 1.24. The van der Waals surface area contributed by atoms with Crippen LogP contribution in [-0.4, -0.2) is 28.7 Å². The standard InChI is InChI=1S/C13H16N2O3/c1-2-8(11(14)16)15-12(17)9-6-3-4-7(5-6)10(9)13(15)18/h3-4,6-10H,2,5H2,1H3,(H2,14,16)/t6-,7-,8+,9+,10+/m0/s1. The number of nitrogens with two attached hydrogens (primary N) is 1. The minimum absolute atomic E-state index is 0.173. The number of primary amides is 1. The monoisotopic (exact) mass is 248 g/mol. The number of nitrogens with zero attached hydrogens (tertiary/aromatic N) is 1. The summed E-state index contributed by atoms with van der Waals surface area (Å²) in [6.45, 7) is 1.76. The van der Waals surface area contributed by atoms with Gasteiger partial charge in [0.25, 0.3) is 0 Å². The Labute approximate surface area is 105 Å². The maximum Gasteiger partial charge on any atom is 0.240 e. The van der Waals surface area contributed by atoms with E-state index < -0.39 is 11.9 Å². The molecule has 0 aromatic heterocycles. The lowest BCUT2D eigenvalue weighted by atomic mass is 9.85. The van der Waals surface area contributed by atoms with E-state index in [9.17, 15) is 14.4 Å². The molecule has 1 saturated carbocycles. The molecular formula is C13H16N2O3. The van der Waals surface area contributed by atoms with Gasteiger partial charge in [-0.3, -0.25) is 19.3 Å². The first-order valence-electron chi connectivity index (χ1n) is 6.40. The molecule has 5 atom stereocenters. The summed E-state index contributed by atoms with van der Waals surface area (Å²) in [7, 11) is 0. The fraction of sp³-hybridized carbons (Fsp3) is 0.615. The number of imide groups is 1. The third-order valence-electron chi connectivity index (χ3n) is 4.53. The average molecular weight is 248 g/mol. The summed E-state index contributed by atoms with van der Waals surface area (Å²) in [4.78, 5) is 37.2. The van der Waals surface area contributed by atoms with Gasteiger partial charge < -0.3 is 5.73 Å². The number of rotatable bonds is 3. The minimum Gasteiger partial charge on any atom is -0.368 e. The Bertz CT molecular complexity index is 441. The largest absolute Gasteiger partial charge is 0.368 e. The Kier molecular flexibility index (Phi) is 2.33. The van der Waals surface area contributed by atoms with E-state index in [2.05, 4.69) is 0 Å². The van der Waals surface area contributed by atoms with Crippen LogP contribution in [-0.2, 0) is 14.4 Å². The molecule has 3 amide bonds. The van der Waals surface area contributed by atoms with E-state index >= 15 is 0 Å². The zero-order valence-corrected chi connectivity index (χ0v) is 10.2. The molecule has 2 bridgehead atoms. The van der Waals surface area contributed by atoms with Gasteiger partial charge in [0, 0.05) is 0 Å². The van der Waals surface area contributed by atoms with Crippen molar-refractivity contribution in [2.45, 2.75) is 25.8 Å². The molecule has 1 heterocycles. The van der Waals surface area contributed by atoms with Crippen LogP contribution in [0.5, 0.6) is 0 Å². The van der Waals surface area contributed by atoms with E-state index in [1.165, 1.54) is 0 Å². The van der Waals surface area contributed by atoms with Crippen LogP contribution in [0.15, 0.2) is 12.2 Å². The number of amides is 3. The summed E-state index contributed by atoms with van der Waals surface area (Å²) in [5.41, 5.74) is 5.29. The van der Waals surface area contributed by atoms with E-state index in [-0.39, 0.29) is 35.5 Å². The van der Waals surface area contributed by atoms with Crippen LogP contribution in [0.1, 0.15) is 19.8 Å². The summed E-state index contributed by atoms with van der Waals surface area (Å²) >= 11 is 0. The van der Waals surface area contributed by atoms with E-state index in [0.717, 1.165) is 11.3 Å². The van der Waals surface area contributed by atoms with Gasteiger partial charge in [0.1, 0.15) is 6.04 Å². The molecule has 2 fully saturated rings. The molecule has 3 aliphatic rings. The van der Waals surface area contributed by atoms with Crippen LogP contribution in [0.25, 0.3) is 0 Å². The Hall–Kier alpha value is -1.65. The van der Waals surface area contributed by atoms with Crippen LogP contribution in [0.4, 0.5) is 0 Å². The highest BCUT2D eigenvalue weighted by atomic mass is 16.2. The summed E-state index contributed by atoms with van der Waals surface area (Å²) in [6, 6.07) is -0.782. The Morgan fingerprint density at radius 1 is 1.33 bits per heavy atom. The van der Waals surface area contributed by atoms with Crippen LogP contribution >= 0.6 is 0 Å². The van der Waals surface area contributed by atoms with Gasteiger partial charge in [-0.15, -0.1) is 0 Å².